The van der Waals surface area contributed by atoms with Crippen molar-refractivity contribution in [3.8, 4) is 0 Å². The Hall–Kier alpha value is -0.640. The highest BCUT2D eigenvalue weighted by atomic mass is 79.9. The highest BCUT2D eigenvalue weighted by Gasteiger charge is 2.28. The largest absolute Gasteiger partial charge is 0.398 e. The van der Waals surface area contributed by atoms with Crippen LogP contribution < -0.4 is 11.1 Å². The number of nitrogens with zero attached hydrogens (tertiary/aromatic N) is 1. The first-order chi connectivity index (χ1) is 9.61. The molecule has 0 heterocycles. The van der Waals surface area contributed by atoms with E-state index in [0.29, 0.717) is 8.95 Å². The van der Waals surface area contributed by atoms with Gasteiger partial charge in [0, 0.05) is 35.5 Å². The third-order valence-electron chi connectivity index (χ3n) is 2.93. The van der Waals surface area contributed by atoms with Crippen LogP contribution in [-0.4, -0.2) is 39.3 Å². The standard InChI is InChI=1S/C12H17Br2N3O3S/c1-7(12(18)16-2)6-17(3)21(19,20)11-9(14)4-8(13)5-10(11)15/h4-5,7H,6,15H2,1-3H3,(H,16,18). The molecule has 0 radical (unpaired) electrons. The van der Waals surface area contributed by atoms with Crippen LogP contribution in [0.4, 0.5) is 5.69 Å². The van der Waals surface area contributed by atoms with Crippen LogP contribution in [0.3, 0.4) is 0 Å². The second-order valence-corrected chi connectivity index (χ2v) is 8.36. The number of amides is 1. The predicted molar refractivity (Wildman–Crippen MR) is 89.3 cm³/mol. The minimum Gasteiger partial charge on any atom is -0.398 e. The highest BCUT2D eigenvalue weighted by molar-refractivity contribution is 9.11. The van der Waals surface area contributed by atoms with Gasteiger partial charge in [-0.2, -0.15) is 0 Å². The van der Waals surface area contributed by atoms with Crippen molar-refractivity contribution in [1.29, 1.82) is 0 Å². The van der Waals surface area contributed by atoms with Gasteiger partial charge in [-0.05, 0) is 28.1 Å². The smallest absolute Gasteiger partial charge is 0.246 e. The van der Waals surface area contributed by atoms with E-state index in [1.165, 1.54) is 20.2 Å². The zero-order chi connectivity index (χ0) is 16.4. The van der Waals surface area contributed by atoms with Gasteiger partial charge in [0.2, 0.25) is 15.9 Å². The Morgan fingerprint density at radius 2 is 2.00 bits per heavy atom. The Kier molecular flexibility index (Phi) is 6.21. The van der Waals surface area contributed by atoms with Crippen molar-refractivity contribution in [2.24, 2.45) is 5.92 Å². The molecule has 0 aromatic heterocycles. The molecule has 1 unspecified atom stereocenters. The summed E-state index contributed by atoms with van der Waals surface area (Å²) in [7, 11) is -0.863. The summed E-state index contributed by atoms with van der Waals surface area (Å²) in [5.41, 5.74) is 5.95. The zero-order valence-electron chi connectivity index (χ0n) is 11.9. The Balaban J connectivity index is 3.15. The fraction of sp³-hybridized carbons (Fsp3) is 0.417. The molecule has 0 fully saturated rings. The second-order valence-electron chi connectivity index (χ2n) is 4.61. The van der Waals surface area contributed by atoms with Crippen LogP contribution in [0.15, 0.2) is 26.0 Å². The van der Waals surface area contributed by atoms with Gasteiger partial charge in [0.15, 0.2) is 0 Å². The van der Waals surface area contributed by atoms with E-state index in [1.54, 1.807) is 13.0 Å². The number of halogens is 2. The summed E-state index contributed by atoms with van der Waals surface area (Å²) in [6.45, 7) is 1.72. The van der Waals surface area contributed by atoms with Crippen molar-refractivity contribution >= 4 is 53.5 Å². The first kappa shape index (κ1) is 18.4. The molecular weight excluding hydrogens is 426 g/mol. The van der Waals surface area contributed by atoms with Crippen molar-refractivity contribution in [3.63, 3.8) is 0 Å². The van der Waals surface area contributed by atoms with E-state index in [1.807, 2.05) is 0 Å². The maximum atomic E-state index is 12.6. The van der Waals surface area contributed by atoms with Gasteiger partial charge < -0.3 is 11.1 Å². The molecule has 0 spiro atoms. The summed E-state index contributed by atoms with van der Waals surface area (Å²) in [4.78, 5) is 11.5. The molecule has 0 aliphatic heterocycles. The van der Waals surface area contributed by atoms with Gasteiger partial charge in [0.05, 0.1) is 5.69 Å². The summed E-state index contributed by atoms with van der Waals surface area (Å²) >= 11 is 6.46. The third kappa shape index (κ3) is 4.18. The number of benzene rings is 1. The number of carbonyl (C=O) groups is 1. The number of rotatable bonds is 5. The van der Waals surface area contributed by atoms with E-state index in [4.69, 9.17) is 5.73 Å². The van der Waals surface area contributed by atoms with Crippen LogP contribution in [-0.2, 0) is 14.8 Å². The lowest BCUT2D eigenvalue weighted by Gasteiger charge is -2.22. The molecule has 1 aromatic rings. The van der Waals surface area contributed by atoms with Gasteiger partial charge in [-0.25, -0.2) is 12.7 Å². The minimum absolute atomic E-state index is 0.00249. The summed E-state index contributed by atoms with van der Waals surface area (Å²) in [5.74, 6) is -0.690. The van der Waals surface area contributed by atoms with E-state index in [9.17, 15) is 13.2 Å². The SMILES string of the molecule is CNC(=O)C(C)CN(C)S(=O)(=O)c1c(N)cc(Br)cc1Br. The quantitative estimate of drug-likeness (QED) is 0.680. The summed E-state index contributed by atoms with van der Waals surface area (Å²) in [6.07, 6.45) is 0. The first-order valence-corrected chi connectivity index (χ1v) is 9.06. The molecule has 0 aliphatic rings. The third-order valence-corrected chi connectivity index (χ3v) is 6.22. The van der Waals surface area contributed by atoms with Crippen molar-refractivity contribution < 1.29 is 13.2 Å². The van der Waals surface area contributed by atoms with Crippen LogP contribution in [0, 0.1) is 5.92 Å². The Labute approximate surface area is 141 Å². The molecule has 1 rings (SSSR count). The van der Waals surface area contributed by atoms with E-state index in [2.05, 4.69) is 37.2 Å². The predicted octanol–water partition coefficient (Wildman–Crippen LogP) is 1.80. The fourth-order valence-electron chi connectivity index (χ4n) is 1.82. The van der Waals surface area contributed by atoms with E-state index >= 15 is 0 Å². The molecule has 0 bridgehead atoms. The van der Waals surface area contributed by atoms with Gasteiger partial charge in [0.1, 0.15) is 4.90 Å². The Morgan fingerprint density at radius 3 is 2.48 bits per heavy atom. The molecule has 21 heavy (non-hydrogen) atoms. The lowest BCUT2D eigenvalue weighted by atomic mass is 10.2. The minimum atomic E-state index is -3.79. The van der Waals surface area contributed by atoms with E-state index < -0.39 is 15.9 Å². The van der Waals surface area contributed by atoms with Gasteiger partial charge >= 0.3 is 0 Å². The number of nitrogen functional groups attached to an aromatic ring is 1. The summed E-state index contributed by atoms with van der Waals surface area (Å²) < 4.78 is 27.4. The lowest BCUT2D eigenvalue weighted by molar-refractivity contribution is -0.124. The summed E-state index contributed by atoms with van der Waals surface area (Å²) in [6, 6.07) is 3.13. The average Bonchev–Trinajstić information content (AvgIpc) is 2.35. The lowest BCUT2D eigenvalue weighted by Crippen LogP contribution is -2.37. The van der Waals surface area contributed by atoms with E-state index in [0.717, 1.165) is 4.31 Å². The van der Waals surface area contributed by atoms with Crippen LogP contribution in [0.1, 0.15) is 6.92 Å². The molecule has 0 saturated carbocycles. The number of nitrogens with one attached hydrogen (secondary N) is 1. The van der Waals surface area contributed by atoms with Gasteiger partial charge in [-0.1, -0.05) is 22.9 Å². The molecular formula is C12H17Br2N3O3S. The van der Waals surface area contributed by atoms with Crippen LogP contribution in [0.5, 0.6) is 0 Å². The van der Waals surface area contributed by atoms with Crippen molar-refractivity contribution in [2.45, 2.75) is 11.8 Å². The number of nitrogens with two attached hydrogens (primary N) is 1. The number of hydrogen-bond donors (Lipinski definition) is 2. The highest BCUT2D eigenvalue weighted by Crippen LogP contribution is 2.33. The van der Waals surface area contributed by atoms with Crippen molar-refractivity contribution in [3.05, 3.63) is 21.1 Å². The fourth-order valence-corrected chi connectivity index (χ4v) is 5.09. The molecule has 9 heteroatoms. The number of carbonyl (C=O) groups excluding carboxylic acids is 1. The van der Waals surface area contributed by atoms with Crippen LogP contribution in [0.2, 0.25) is 0 Å². The van der Waals surface area contributed by atoms with Crippen molar-refractivity contribution in [1.82, 2.24) is 9.62 Å². The van der Waals surface area contributed by atoms with E-state index in [-0.39, 0.29) is 23.0 Å². The van der Waals surface area contributed by atoms with Gasteiger partial charge in [-0.15, -0.1) is 0 Å². The number of anilines is 1. The number of hydrogen-bond acceptors (Lipinski definition) is 4. The topological polar surface area (TPSA) is 92.5 Å². The normalized spacial score (nSPS) is 13.2. The van der Waals surface area contributed by atoms with Gasteiger partial charge in [-0.3, -0.25) is 4.79 Å². The maximum absolute atomic E-state index is 12.6. The monoisotopic (exact) mass is 441 g/mol. The van der Waals surface area contributed by atoms with Crippen molar-refractivity contribution in [2.75, 3.05) is 26.4 Å². The molecule has 1 atom stereocenters. The molecule has 3 N–H and O–H groups in total. The molecule has 118 valence electrons. The Bertz CT molecular complexity index is 626. The molecule has 0 saturated heterocycles. The Morgan fingerprint density at radius 1 is 1.43 bits per heavy atom. The van der Waals surface area contributed by atoms with Crippen LogP contribution >= 0.6 is 31.9 Å². The number of sulfonamides is 1. The maximum Gasteiger partial charge on any atom is 0.246 e. The summed E-state index contributed by atoms with van der Waals surface area (Å²) in [5, 5.41) is 2.49. The molecule has 1 aromatic carbocycles. The second kappa shape index (κ2) is 7.08. The van der Waals surface area contributed by atoms with Crippen LogP contribution in [0.25, 0.3) is 0 Å². The molecule has 6 nitrogen and oxygen atoms in total. The molecule has 0 aliphatic carbocycles. The van der Waals surface area contributed by atoms with Gasteiger partial charge in [0.25, 0.3) is 0 Å². The molecule has 1 amide bonds. The first-order valence-electron chi connectivity index (χ1n) is 6.03. The average molecular weight is 443 g/mol. The zero-order valence-corrected chi connectivity index (χ0v) is 15.8.